The summed E-state index contributed by atoms with van der Waals surface area (Å²) in [5.41, 5.74) is 2.27. The predicted molar refractivity (Wildman–Crippen MR) is 103 cm³/mol. The minimum atomic E-state index is -4.93. The number of benzene rings is 2. The molecule has 1 fully saturated rings. The van der Waals surface area contributed by atoms with Crippen LogP contribution in [0.3, 0.4) is 0 Å². The molecule has 0 aromatic heterocycles. The summed E-state index contributed by atoms with van der Waals surface area (Å²) in [5, 5.41) is 2.09. The van der Waals surface area contributed by atoms with E-state index in [1.807, 2.05) is 24.0 Å². The Hall–Kier alpha value is -2.29. The molecule has 2 heterocycles. The number of rotatable bonds is 1. The van der Waals surface area contributed by atoms with Crippen LogP contribution >= 0.6 is 15.9 Å². The Morgan fingerprint density at radius 3 is 2.76 bits per heavy atom. The molecule has 1 amide bonds. The smallest absolute Gasteiger partial charge is 0.455 e. The molecule has 2 atom stereocenters. The third kappa shape index (κ3) is 3.68. The molecule has 154 valence electrons. The first-order valence-corrected chi connectivity index (χ1v) is 9.85. The number of amides is 1. The van der Waals surface area contributed by atoms with Crippen LogP contribution in [0.1, 0.15) is 30.0 Å². The first-order chi connectivity index (χ1) is 13.6. The number of carbonyl (C=O) groups is 1. The molecule has 4 rings (SSSR count). The Morgan fingerprint density at radius 1 is 1.28 bits per heavy atom. The average Bonchev–Trinajstić information content (AvgIpc) is 2.76. The number of anilines is 1. The van der Waals surface area contributed by atoms with Crippen molar-refractivity contribution >= 4 is 27.5 Å². The summed E-state index contributed by atoms with van der Waals surface area (Å²) in [6, 6.07) is 7.41. The number of halogens is 5. The topological polar surface area (TPSA) is 41.6 Å². The Bertz CT molecular complexity index is 980. The van der Waals surface area contributed by atoms with Gasteiger partial charge in [-0.2, -0.15) is 13.2 Å². The number of ether oxygens (including phenoxy) is 1. The quantitative estimate of drug-likeness (QED) is 0.565. The second kappa shape index (κ2) is 7.19. The number of hydrogen-bond acceptors (Lipinski definition) is 3. The van der Waals surface area contributed by atoms with Crippen LogP contribution in [0, 0.1) is 12.7 Å². The minimum Gasteiger partial charge on any atom is -0.455 e. The molecular weight excluding hydrogens is 456 g/mol. The van der Waals surface area contributed by atoms with Crippen LogP contribution in [0.15, 0.2) is 34.8 Å². The molecule has 0 unspecified atom stereocenters. The molecular formula is C20H17BrF4N2O2. The summed E-state index contributed by atoms with van der Waals surface area (Å²) in [7, 11) is 0. The number of alkyl halides is 3. The maximum atomic E-state index is 14.3. The van der Waals surface area contributed by atoms with Gasteiger partial charge in [-0.1, -0.05) is 12.1 Å². The number of nitrogens with zero attached hydrogens (tertiary/aromatic N) is 1. The zero-order valence-corrected chi connectivity index (χ0v) is 16.9. The predicted octanol–water partition coefficient (Wildman–Crippen LogP) is 5.39. The highest BCUT2D eigenvalue weighted by Gasteiger charge is 2.42. The van der Waals surface area contributed by atoms with Crippen molar-refractivity contribution < 1.29 is 27.1 Å². The van der Waals surface area contributed by atoms with Gasteiger partial charge in [-0.15, -0.1) is 0 Å². The van der Waals surface area contributed by atoms with E-state index in [0.717, 1.165) is 11.1 Å². The zero-order chi connectivity index (χ0) is 20.9. The van der Waals surface area contributed by atoms with E-state index < -0.39 is 23.9 Å². The number of nitrogens with one attached hydrogen (secondary N) is 1. The molecule has 0 spiro atoms. The number of aryl methyl sites for hydroxylation is 1. The molecule has 2 aromatic rings. The van der Waals surface area contributed by atoms with Crippen molar-refractivity contribution in [3.63, 3.8) is 0 Å². The first kappa shape index (κ1) is 20.0. The molecule has 0 radical (unpaired) electrons. The van der Waals surface area contributed by atoms with Gasteiger partial charge in [0, 0.05) is 30.3 Å². The minimum absolute atomic E-state index is 0.250. The third-order valence-electron chi connectivity index (χ3n) is 5.34. The number of hydrogen-bond donors (Lipinski definition) is 1. The van der Waals surface area contributed by atoms with Crippen LogP contribution in [0.4, 0.5) is 23.2 Å². The zero-order valence-electron chi connectivity index (χ0n) is 15.3. The molecule has 0 bridgehead atoms. The van der Waals surface area contributed by atoms with E-state index in [4.69, 9.17) is 4.74 Å². The molecule has 2 aliphatic heterocycles. The highest BCUT2D eigenvalue weighted by atomic mass is 79.9. The molecule has 1 N–H and O–H groups in total. The molecule has 4 nitrogen and oxygen atoms in total. The fourth-order valence-electron chi connectivity index (χ4n) is 4.04. The lowest BCUT2D eigenvalue weighted by Crippen LogP contribution is -2.49. The lowest BCUT2D eigenvalue weighted by Gasteiger charge is -2.41. The van der Waals surface area contributed by atoms with Gasteiger partial charge in [0.1, 0.15) is 11.6 Å². The Labute approximate surface area is 173 Å². The van der Waals surface area contributed by atoms with Crippen LogP contribution in [0.2, 0.25) is 0 Å². The third-order valence-corrected chi connectivity index (χ3v) is 5.95. The van der Waals surface area contributed by atoms with Gasteiger partial charge >= 0.3 is 12.1 Å². The van der Waals surface area contributed by atoms with Crippen LogP contribution in [0.5, 0.6) is 11.5 Å². The van der Waals surface area contributed by atoms with Gasteiger partial charge in [0.25, 0.3) is 0 Å². The summed E-state index contributed by atoms with van der Waals surface area (Å²) in [4.78, 5) is 13.4. The average molecular weight is 473 g/mol. The molecule has 29 heavy (non-hydrogen) atoms. The first-order valence-electron chi connectivity index (χ1n) is 9.06. The van der Waals surface area contributed by atoms with Crippen molar-refractivity contribution in [2.45, 2.75) is 38.0 Å². The molecule has 0 saturated carbocycles. The fraction of sp³-hybridized carbons (Fsp3) is 0.350. The van der Waals surface area contributed by atoms with Crippen molar-refractivity contribution in [1.29, 1.82) is 0 Å². The van der Waals surface area contributed by atoms with Crippen molar-refractivity contribution in [1.82, 2.24) is 5.32 Å². The Morgan fingerprint density at radius 2 is 2.03 bits per heavy atom. The van der Waals surface area contributed by atoms with Crippen LogP contribution in [-0.4, -0.2) is 24.7 Å². The molecule has 0 aliphatic carbocycles. The highest BCUT2D eigenvalue weighted by Crippen LogP contribution is 2.49. The SMILES string of the molecule is Cc1cccc2c1[C@@H]1C[C@@H](NC(=O)C(F)(F)F)CCN1c1cc(F)c(Br)cc1O2. The van der Waals surface area contributed by atoms with Gasteiger partial charge in [-0.25, -0.2) is 4.39 Å². The van der Waals surface area contributed by atoms with E-state index in [1.165, 1.54) is 6.07 Å². The maximum Gasteiger partial charge on any atom is 0.471 e. The number of fused-ring (bicyclic) bond motifs is 5. The Balaban J connectivity index is 1.76. The van der Waals surface area contributed by atoms with Gasteiger partial charge in [-0.3, -0.25) is 4.79 Å². The Kier molecular flexibility index (Phi) is 4.96. The monoisotopic (exact) mass is 472 g/mol. The fourth-order valence-corrected chi connectivity index (χ4v) is 4.36. The van der Waals surface area contributed by atoms with Crippen LogP contribution in [-0.2, 0) is 4.79 Å². The number of piperidine rings is 1. The second-order valence-corrected chi connectivity index (χ2v) is 8.08. The van der Waals surface area contributed by atoms with Gasteiger partial charge in [0.2, 0.25) is 0 Å². The summed E-state index contributed by atoms with van der Waals surface area (Å²) in [5.74, 6) is -1.37. The summed E-state index contributed by atoms with van der Waals surface area (Å²) in [6.45, 7) is 2.24. The number of carbonyl (C=O) groups excluding carboxylic acids is 1. The summed E-state index contributed by atoms with van der Waals surface area (Å²) < 4.78 is 58.7. The highest BCUT2D eigenvalue weighted by molar-refractivity contribution is 9.10. The van der Waals surface area contributed by atoms with Gasteiger partial charge < -0.3 is 15.0 Å². The lowest BCUT2D eigenvalue weighted by atomic mass is 9.88. The van der Waals surface area contributed by atoms with Crippen LogP contribution in [0.25, 0.3) is 0 Å². The molecule has 2 aromatic carbocycles. The standard InChI is InChI=1S/C20H17BrF4N2O2/c1-10-3-2-4-16-18(10)15-7-11(26-19(28)20(23,24)25)5-6-27(15)14-9-13(22)12(21)8-17(14)29-16/h2-4,8-9,11,15H,5-7H2,1H3,(H,26,28)/t11-,15-/m0/s1. The molecule has 2 aliphatic rings. The maximum absolute atomic E-state index is 14.3. The van der Waals surface area contributed by atoms with Gasteiger partial charge in [0.05, 0.1) is 16.2 Å². The summed E-state index contributed by atoms with van der Waals surface area (Å²) >= 11 is 3.17. The molecule has 9 heteroatoms. The van der Waals surface area contributed by atoms with Crippen LogP contribution < -0.4 is 15.0 Å². The van der Waals surface area contributed by atoms with E-state index in [9.17, 15) is 22.4 Å². The van der Waals surface area contributed by atoms with Crippen molar-refractivity contribution in [2.24, 2.45) is 0 Å². The van der Waals surface area contributed by atoms with Gasteiger partial charge in [-0.05, 0) is 47.3 Å². The van der Waals surface area contributed by atoms with Crippen molar-refractivity contribution in [3.05, 3.63) is 51.7 Å². The van der Waals surface area contributed by atoms with E-state index in [1.54, 1.807) is 12.1 Å². The largest absolute Gasteiger partial charge is 0.471 e. The van der Waals surface area contributed by atoms with Crippen molar-refractivity contribution in [3.8, 4) is 11.5 Å². The normalized spacial score (nSPS) is 20.7. The summed E-state index contributed by atoms with van der Waals surface area (Å²) in [6.07, 6.45) is -4.38. The van der Waals surface area contributed by atoms with E-state index in [-0.39, 0.29) is 16.9 Å². The van der Waals surface area contributed by atoms with Gasteiger partial charge in [0.15, 0.2) is 5.75 Å². The van der Waals surface area contributed by atoms with E-state index in [2.05, 4.69) is 21.2 Å². The van der Waals surface area contributed by atoms with Crippen molar-refractivity contribution in [2.75, 3.05) is 11.4 Å². The van der Waals surface area contributed by atoms with E-state index >= 15 is 0 Å². The lowest BCUT2D eigenvalue weighted by molar-refractivity contribution is -0.174. The van der Waals surface area contributed by atoms with E-state index in [0.29, 0.717) is 30.2 Å². The molecule has 1 saturated heterocycles. The second-order valence-electron chi connectivity index (χ2n) is 7.22.